The van der Waals surface area contributed by atoms with Crippen LogP contribution in [0.2, 0.25) is 0 Å². The molecule has 0 saturated heterocycles. The SMILES string of the molecule is CCCCc1ncc(C(=O)NC(CC(=O)NO)c2ccccc2C)n1Cc1ccc(C(=O)O)cc1. The Hall–Kier alpha value is -3.98. The molecule has 35 heavy (non-hydrogen) atoms. The highest BCUT2D eigenvalue weighted by molar-refractivity contribution is 5.93. The summed E-state index contributed by atoms with van der Waals surface area (Å²) in [5.74, 6) is -1.27. The zero-order chi connectivity index (χ0) is 25.4. The van der Waals surface area contributed by atoms with Gasteiger partial charge in [0.15, 0.2) is 0 Å². The van der Waals surface area contributed by atoms with Gasteiger partial charge < -0.3 is 15.0 Å². The van der Waals surface area contributed by atoms with Crippen molar-refractivity contribution in [3.8, 4) is 0 Å². The molecule has 0 aliphatic carbocycles. The van der Waals surface area contributed by atoms with Crippen LogP contribution in [-0.2, 0) is 17.8 Å². The van der Waals surface area contributed by atoms with Crippen molar-refractivity contribution < 1.29 is 24.7 Å². The number of unbranched alkanes of at least 4 members (excludes halogenated alkanes) is 1. The molecule has 0 radical (unpaired) electrons. The first kappa shape index (κ1) is 25.6. The topological polar surface area (TPSA) is 134 Å². The summed E-state index contributed by atoms with van der Waals surface area (Å²) in [4.78, 5) is 41.0. The molecule has 0 aliphatic heterocycles. The lowest BCUT2D eigenvalue weighted by molar-refractivity contribution is -0.129. The van der Waals surface area contributed by atoms with Gasteiger partial charge in [-0.25, -0.2) is 15.3 Å². The van der Waals surface area contributed by atoms with Gasteiger partial charge in [0.25, 0.3) is 5.91 Å². The Kier molecular flexibility index (Phi) is 8.74. The number of amides is 2. The predicted molar refractivity (Wildman–Crippen MR) is 129 cm³/mol. The smallest absolute Gasteiger partial charge is 0.335 e. The molecule has 9 heteroatoms. The summed E-state index contributed by atoms with van der Waals surface area (Å²) >= 11 is 0. The molecule has 0 bridgehead atoms. The summed E-state index contributed by atoms with van der Waals surface area (Å²) in [5, 5.41) is 21.1. The molecule has 0 saturated carbocycles. The largest absolute Gasteiger partial charge is 0.478 e. The van der Waals surface area contributed by atoms with Gasteiger partial charge in [0, 0.05) is 13.0 Å². The molecule has 1 unspecified atom stereocenters. The van der Waals surface area contributed by atoms with Crippen molar-refractivity contribution >= 4 is 17.8 Å². The van der Waals surface area contributed by atoms with Gasteiger partial charge in [0.2, 0.25) is 5.91 Å². The minimum absolute atomic E-state index is 0.138. The van der Waals surface area contributed by atoms with Crippen LogP contribution in [0.1, 0.15) is 75.6 Å². The van der Waals surface area contributed by atoms with Crippen molar-refractivity contribution in [3.05, 3.63) is 88.5 Å². The number of hydrogen-bond donors (Lipinski definition) is 4. The van der Waals surface area contributed by atoms with Crippen LogP contribution in [0.15, 0.2) is 54.7 Å². The number of hydrogen-bond acceptors (Lipinski definition) is 5. The van der Waals surface area contributed by atoms with Crippen LogP contribution in [0.4, 0.5) is 0 Å². The lowest BCUT2D eigenvalue weighted by Crippen LogP contribution is -2.34. The maximum Gasteiger partial charge on any atom is 0.335 e. The van der Waals surface area contributed by atoms with E-state index >= 15 is 0 Å². The number of nitrogens with zero attached hydrogens (tertiary/aromatic N) is 2. The zero-order valence-corrected chi connectivity index (χ0v) is 19.8. The number of aromatic carboxylic acids is 1. The van der Waals surface area contributed by atoms with Crippen molar-refractivity contribution in [2.45, 2.75) is 52.1 Å². The Morgan fingerprint density at radius 2 is 1.80 bits per heavy atom. The van der Waals surface area contributed by atoms with Gasteiger partial charge >= 0.3 is 5.97 Å². The van der Waals surface area contributed by atoms with E-state index in [1.54, 1.807) is 17.6 Å². The first-order chi connectivity index (χ1) is 16.8. The first-order valence-electron chi connectivity index (χ1n) is 11.5. The molecule has 4 N–H and O–H groups in total. The molecule has 0 fully saturated rings. The van der Waals surface area contributed by atoms with Gasteiger partial charge in [-0.1, -0.05) is 49.7 Å². The van der Waals surface area contributed by atoms with E-state index in [9.17, 15) is 14.4 Å². The molecule has 1 aromatic heterocycles. The fourth-order valence-corrected chi connectivity index (χ4v) is 3.92. The van der Waals surface area contributed by atoms with Crippen LogP contribution in [0.3, 0.4) is 0 Å². The summed E-state index contributed by atoms with van der Waals surface area (Å²) in [6.07, 6.45) is 3.94. The number of carbonyl (C=O) groups is 3. The molecule has 2 amide bonds. The summed E-state index contributed by atoms with van der Waals surface area (Å²) in [6.45, 7) is 4.30. The summed E-state index contributed by atoms with van der Waals surface area (Å²) in [5.41, 5.74) is 4.65. The maximum absolute atomic E-state index is 13.4. The molecule has 3 rings (SSSR count). The fraction of sp³-hybridized carbons (Fsp3) is 0.308. The zero-order valence-electron chi connectivity index (χ0n) is 19.8. The van der Waals surface area contributed by atoms with Crippen LogP contribution < -0.4 is 10.8 Å². The highest BCUT2D eigenvalue weighted by Crippen LogP contribution is 2.22. The van der Waals surface area contributed by atoms with E-state index in [1.165, 1.54) is 18.3 Å². The first-order valence-corrected chi connectivity index (χ1v) is 11.5. The molecule has 184 valence electrons. The lowest BCUT2D eigenvalue weighted by Gasteiger charge is -2.21. The van der Waals surface area contributed by atoms with E-state index in [2.05, 4.69) is 17.2 Å². The number of hydroxylamine groups is 1. The monoisotopic (exact) mass is 478 g/mol. The summed E-state index contributed by atoms with van der Waals surface area (Å²) in [7, 11) is 0. The number of carboxylic acids is 1. The van der Waals surface area contributed by atoms with Crippen molar-refractivity contribution in [2.75, 3.05) is 0 Å². The van der Waals surface area contributed by atoms with E-state index in [4.69, 9.17) is 10.3 Å². The van der Waals surface area contributed by atoms with Gasteiger partial charge in [-0.2, -0.15) is 0 Å². The van der Waals surface area contributed by atoms with Crippen LogP contribution in [0.25, 0.3) is 0 Å². The number of benzene rings is 2. The van der Waals surface area contributed by atoms with Gasteiger partial charge in [-0.15, -0.1) is 0 Å². The Morgan fingerprint density at radius 1 is 1.09 bits per heavy atom. The van der Waals surface area contributed by atoms with Crippen LogP contribution >= 0.6 is 0 Å². The normalized spacial score (nSPS) is 11.6. The number of imidazole rings is 1. The van der Waals surface area contributed by atoms with E-state index in [-0.39, 0.29) is 12.0 Å². The number of aromatic nitrogens is 2. The molecular formula is C26H30N4O5. The fourth-order valence-electron chi connectivity index (χ4n) is 3.92. The second kappa shape index (κ2) is 11.9. The maximum atomic E-state index is 13.4. The summed E-state index contributed by atoms with van der Waals surface area (Å²) in [6, 6.07) is 13.3. The van der Waals surface area contributed by atoms with Gasteiger partial charge in [-0.3, -0.25) is 14.8 Å². The highest BCUT2D eigenvalue weighted by Gasteiger charge is 2.23. The van der Waals surface area contributed by atoms with Crippen LogP contribution in [0.5, 0.6) is 0 Å². The van der Waals surface area contributed by atoms with Crippen molar-refractivity contribution in [3.63, 3.8) is 0 Å². The molecule has 3 aromatic rings. The van der Waals surface area contributed by atoms with Crippen molar-refractivity contribution in [1.29, 1.82) is 0 Å². The standard InChI is InChI=1S/C26H30N4O5/c1-3-4-9-23-27-15-22(30(23)16-18-10-12-19(13-11-18)26(33)34)25(32)28-21(14-24(31)29-35)20-8-6-5-7-17(20)2/h5-8,10-13,15,21,35H,3-4,9,14,16H2,1-2H3,(H,28,32)(H,29,31)(H,33,34). The highest BCUT2D eigenvalue weighted by atomic mass is 16.5. The molecule has 0 aliphatic rings. The van der Waals surface area contributed by atoms with Gasteiger partial charge in [0.1, 0.15) is 11.5 Å². The third kappa shape index (κ3) is 6.54. The second-order valence-corrected chi connectivity index (χ2v) is 8.37. The third-order valence-corrected chi connectivity index (χ3v) is 5.85. The minimum atomic E-state index is -1.00. The van der Waals surface area contributed by atoms with Gasteiger partial charge in [0.05, 0.1) is 24.2 Å². The van der Waals surface area contributed by atoms with Crippen LogP contribution in [0, 0.1) is 6.92 Å². The Labute approximate surface area is 203 Å². The number of carbonyl (C=O) groups excluding carboxylic acids is 2. The predicted octanol–water partition coefficient (Wildman–Crippen LogP) is 3.65. The van der Waals surface area contributed by atoms with Crippen molar-refractivity contribution in [1.82, 2.24) is 20.3 Å². The van der Waals surface area contributed by atoms with E-state index in [0.717, 1.165) is 35.4 Å². The molecule has 9 nitrogen and oxygen atoms in total. The van der Waals surface area contributed by atoms with E-state index in [0.29, 0.717) is 18.7 Å². The number of carboxylic acid groups (broad SMARTS) is 1. The third-order valence-electron chi connectivity index (χ3n) is 5.85. The van der Waals surface area contributed by atoms with E-state index in [1.807, 2.05) is 35.8 Å². The Morgan fingerprint density at radius 3 is 2.43 bits per heavy atom. The Bertz CT molecular complexity index is 1190. The number of rotatable bonds is 11. The Balaban J connectivity index is 1.92. The molecular weight excluding hydrogens is 448 g/mol. The summed E-state index contributed by atoms with van der Waals surface area (Å²) < 4.78 is 1.82. The molecule has 0 spiro atoms. The average molecular weight is 479 g/mol. The molecule has 1 heterocycles. The molecule has 1 atom stereocenters. The minimum Gasteiger partial charge on any atom is -0.478 e. The number of nitrogens with one attached hydrogen (secondary N) is 2. The van der Waals surface area contributed by atoms with Crippen LogP contribution in [-0.4, -0.2) is 37.6 Å². The van der Waals surface area contributed by atoms with Crippen molar-refractivity contribution in [2.24, 2.45) is 0 Å². The van der Waals surface area contributed by atoms with Gasteiger partial charge in [-0.05, 0) is 42.2 Å². The average Bonchev–Trinajstić information content (AvgIpc) is 3.25. The lowest BCUT2D eigenvalue weighted by atomic mass is 9.98. The second-order valence-electron chi connectivity index (χ2n) is 8.37. The van der Waals surface area contributed by atoms with E-state index < -0.39 is 23.8 Å². The number of aryl methyl sites for hydroxylation is 2. The quantitative estimate of drug-likeness (QED) is 0.246. The molecule has 2 aromatic carbocycles.